The molecule has 0 unspecified atom stereocenters. The highest BCUT2D eigenvalue weighted by atomic mass is 79.9. The first-order valence-corrected chi connectivity index (χ1v) is 6.39. The molecule has 0 atom stereocenters. The predicted octanol–water partition coefficient (Wildman–Crippen LogP) is 3.23. The Kier molecular flexibility index (Phi) is 3.91. The molecule has 5 heteroatoms. The highest BCUT2D eigenvalue weighted by Crippen LogP contribution is 2.21. The normalized spacial score (nSPS) is 10.6. The lowest BCUT2D eigenvalue weighted by molar-refractivity contribution is 0.0988. The third-order valence-electron chi connectivity index (χ3n) is 2.62. The van der Waals surface area contributed by atoms with Gasteiger partial charge in [0.15, 0.2) is 5.78 Å². The van der Waals surface area contributed by atoms with Crippen molar-refractivity contribution in [1.29, 1.82) is 0 Å². The highest BCUT2D eigenvalue weighted by Gasteiger charge is 2.16. The fourth-order valence-electron chi connectivity index (χ4n) is 1.71. The summed E-state index contributed by atoms with van der Waals surface area (Å²) in [5.41, 5.74) is 0.888. The van der Waals surface area contributed by atoms with Crippen molar-refractivity contribution in [1.82, 2.24) is 9.78 Å². The summed E-state index contributed by atoms with van der Waals surface area (Å²) in [5, 5.41) is 4.09. The zero-order chi connectivity index (χ0) is 13.1. The third kappa shape index (κ3) is 2.67. The van der Waals surface area contributed by atoms with E-state index in [-0.39, 0.29) is 17.8 Å². The average molecular weight is 311 g/mol. The second-order valence-electron chi connectivity index (χ2n) is 3.90. The van der Waals surface area contributed by atoms with Crippen LogP contribution >= 0.6 is 15.9 Å². The molecule has 2 aromatic rings. The molecule has 1 aromatic carbocycles. The van der Waals surface area contributed by atoms with Crippen molar-refractivity contribution in [3.05, 3.63) is 52.0 Å². The summed E-state index contributed by atoms with van der Waals surface area (Å²) in [6, 6.07) is 4.50. The van der Waals surface area contributed by atoms with Crippen molar-refractivity contribution >= 4 is 21.7 Å². The zero-order valence-corrected chi connectivity index (χ0v) is 11.4. The smallest absolute Gasteiger partial charge is 0.171 e. The molecule has 0 N–H and O–H groups in total. The molecule has 0 bridgehead atoms. The van der Waals surface area contributed by atoms with E-state index in [4.69, 9.17) is 0 Å². The average Bonchev–Trinajstić information content (AvgIpc) is 2.76. The summed E-state index contributed by atoms with van der Waals surface area (Å²) in [5.74, 6) is -0.757. The Bertz CT molecular complexity index is 560. The third-order valence-corrected chi connectivity index (χ3v) is 3.28. The van der Waals surface area contributed by atoms with Gasteiger partial charge in [-0.2, -0.15) is 5.10 Å². The summed E-state index contributed by atoms with van der Waals surface area (Å²) >= 11 is 3.20. The molecule has 0 aliphatic heterocycles. The number of aryl methyl sites for hydroxylation is 1. The molecule has 3 nitrogen and oxygen atoms in total. The fraction of sp³-hybridized carbons (Fsp3) is 0.231. The molecule has 0 radical (unpaired) electrons. The number of Topliss-reactive ketones (excluding diaryl/α,β-unsaturated/α-hetero) is 1. The Balaban J connectivity index is 2.22. The summed E-state index contributed by atoms with van der Waals surface area (Å²) in [4.78, 5) is 12.0. The van der Waals surface area contributed by atoms with Crippen LogP contribution in [0.2, 0.25) is 0 Å². The first kappa shape index (κ1) is 13.0. The standard InChI is InChI=1S/C13H12BrFN2O/c1-2-17-8-9(7-16-17)6-12(18)13-10(14)4-3-5-11(13)15/h3-5,7-8H,2,6H2,1H3. The Morgan fingerprint density at radius 3 is 2.89 bits per heavy atom. The SMILES string of the molecule is CCn1cc(CC(=O)c2c(F)cccc2Br)cn1. The van der Waals surface area contributed by atoms with Crippen molar-refractivity contribution in [3.8, 4) is 0 Å². The van der Waals surface area contributed by atoms with Gasteiger partial charge in [0, 0.05) is 23.6 Å². The van der Waals surface area contributed by atoms with Crippen LogP contribution in [0.3, 0.4) is 0 Å². The number of carbonyl (C=O) groups excluding carboxylic acids is 1. The van der Waals surface area contributed by atoms with E-state index < -0.39 is 5.82 Å². The second-order valence-corrected chi connectivity index (χ2v) is 4.76. The van der Waals surface area contributed by atoms with Crippen LogP contribution in [0.4, 0.5) is 4.39 Å². The molecule has 0 saturated carbocycles. The van der Waals surface area contributed by atoms with Crippen molar-refractivity contribution in [2.24, 2.45) is 0 Å². The number of hydrogen-bond donors (Lipinski definition) is 0. The van der Waals surface area contributed by atoms with Gasteiger partial charge in [0.05, 0.1) is 11.8 Å². The van der Waals surface area contributed by atoms with E-state index in [0.29, 0.717) is 4.47 Å². The summed E-state index contributed by atoms with van der Waals surface area (Å²) in [6.45, 7) is 2.71. The monoisotopic (exact) mass is 310 g/mol. The predicted molar refractivity (Wildman–Crippen MR) is 70.0 cm³/mol. The van der Waals surface area contributed by atoms with Crippen LogP contribution in [-0.4, -0.2) is 15.6 Å². The Morgan fingerprint density at radius 1 is 1.50 bits per heavy atom. The Hall–Kier alpha value is -1.49. The molecule has 18 heavy (non-hydrogen) atoms. The summed E-state index contributed by atoms with van der Waals surface area (Å²) in [7, 11) is 0. The largest absolute Gasteiger partial charge is 0.294 e. The van der Waals surface area contributed by atoms with Crippen LogP contribution < -0.4 is 0 Å². The molecule has 0 amide bonds. The highest BCUT2D eigenvalue weighted by molar-refractivity contribution is 9.10. The van der Waals surface area contributed by atoms with Gasteiger partial charge in [-0.3, -0.25) is 9.48 Å². The lowest BCUT2D eigenvalue weighted by Gasteiger charge is -2.03. The number of nitrogens with zero attached hydrogens (tertiary/aromatic N) is 2. The number of carbonyl (C=O) groups is 1. The quantitative estimate of drug-likeness (QED) is 0.813. The maximum atomic E-state index is 13.6. The maximum Gasteiger partial charge on any atom is 0.171 e. The van der Waals surface area contributed by atoms with E-state index in [1.807, 2.05) is 6.92 Å². The number of benzene rings is 1. The van der Waals surface area contributed by atoms with E-state index >= 15 is 0 Å². The van der Waals surface area contributed by atoms with Gasteiger partial charge in [-0.05, 0) is 40.5 Å². The Morgan fingerprint density at radius 2 is 2.28 bits per heavy atom. The summed E-state index contributed by atoms with van der Waals surface area (Å²) < 4.78 is 15.8. The number of aromatic nitrogens is 2. The lowest BCUT2D eigenvalue weighted by atomic mass is 10.1. The number of rotatable bonds is 4. The van der Waals surface area contributed by atoms with Gasteiger partial charge in [0.1, 0.15) is 5.82 Å². The number of hydrogen-bond acceptors (Lipinski definition) is 2. The van der Waals surface area contributed by atoms with E-state index in [1.165, 1.54) is 6.07 Å². The number of ketones is 1. The number of halogens is 2. The molecule has 0 fully saturated rings. The van der Waals surface area contributed by atoms with Gasteiger partial charge in [0.25, 0.3) is 0 Å². The van der Waals surface area contributed by atoms with Crippen molar-refractivity contribution in [2.45, 2.75) is 19.9 Å². The fourth-order valence-corrected chi connectivity index (χ4v) is 2.27. The van der Waals surface area contributed by atoms with Gasteiger partial charge in [0.2, 0.25) is 0 Å². The minimum Gasteiger partial charge on any atom is -0.294 e. The van der Waals surface area contributed by atoms with Crippen molar-refractivity contribution in [3.63, 3.8) is 0 Å². The molecule has 0 aliphatic rings. The van der Waals surface area contributed by atoms with Gasteiger partial charge in [-0.15, -0.1) is 0 Å². The van der Waals surface area contributed by atoms with Crippen LogP contribution in [0.1, 0.15) is 22.8 Å². The van der Waals surface area contributed by atoms with Crippen LogP contribution in [0.25, 0.3) is 0 Å². The second kappa shape index (κ2) is 5.44. The van der Waals surface area contributed by atoms with Gasteiger partial charge >= 0.3 is 0 Å². The van der Waals surface area contributed by atoms with Crippen molar-refractivity contribution in [2.75, 3.05) is 0 Å². The molecule has 0 aliphatic carbocycles. The minimum atomic E-state index is -0.503. The van der Waals surface area contributed by atoms with E-state index in [1.54, 1.807) is 29.2 Å². The first-order valence-electron chi connectivity index (χ1n) is 5.60. The molecule has 0 spiro atoms. The van der Waals surface area contributed by atoms with Crippen LogP contribution in [0.5, 0.6) is 0 Å². The molecular weight excluding hydrogens is 299 g/mol. The molecular formula is C13H12BrFN2O. The molecule has 94 valence electrons. The van der Waals surface area contributed by atoms with Gasteiger partial charge in [-0.25, -0.2) is 4.39 Å². The molecule has 2 rings (SSSR count). The lowest BCUT2D eigenvalue weighted by Crippen LogP contribution is -2.06. The van der Waals surface area contributed by atoms with E-state index in [2.05, 4.69) is 21.0 Å². The zero-order valence-electron chi connectivity index (χ0n) is 9.86. The van der Waals surface area contributed by atoms with Gasteiger partial charge < -0.3 is 0 Å². The van der Waals surface area contributed by atoms with E-state index in [9.17, 15) is 9.18 Å². The summed E-state index contributed by atoms with van der Waals surface area (Å²) in [6.07, 6.45) is 3.59. The van der Waals surface area contributed by atoms with Crippen LogP contribution in [-0.2, 0) is 13.0 Å². The maximum absolute atomic E-state index is 13.6. The Labute approximate surface area is 113 Å². The van der Waals surface area contributed by atoms with E-state index in [0.717, 1.165) is 12.1 Å². The van der Waals surface area contributed by atoms with Crippen LogP contribution in [0.15, 0.2) is 35.1 Å². The molecule has 1 heterocycles. The first-order chi connectivity index (χ1) is 8.61. The van der Waals surface area contributed by atoms with Gasteiger partial charge in [-0.1, -0.05) is 6.07 Å². The molecule has 1 aromatic heterocycles. The molecule has 0 saturated heterocycles. The topological polar surface area (TPSA) is 34.9 Å². The van der Waals surface area contributed by atoms with Crippen molar-refractivity contribution < 1.29 is 9.18 Å². The minimum absolute atomic E-state index is 0.0988. The van der Waals surface area contributed by atoms with Crippen LogP contribution in [0, 0.1) is 5.82 Å².